The summed E-state index contributed by atoms with van der Waals surface area (Å²) in [6.45, 7) is 0.990. The highest BCUT2D eigenvalue weighted by molar-refractivity contribution is 7.85. The van der Waals surface area contributed by atoms with Crippen LogP contribution >= 0.6 is 25.3 Å². The predicted octanol–water partition coefficient (Wildman–Crippen LogP) is 2.46. The lowest BCUT2D eigenvalue weighted by molar-refractivity contribution is -0.192. The minimum Gasteiger partial charge on any atom is -0.221 e. The summed E-state index contributed by atoms with van der Waals surface area (Å²) in [6.07, 6.45) is -4.96. The van der Waals surface area contributed by atoms with E-state index in [1.807, 2.05) is 0 Å². The zero-order valence-electron chi connectivity index (χ0n) is 4.98. The van der Waals surface area contributed by atoms with Crippen LogP contribution in [0.15, 0.2) is 0 Å². The zero-order valence-corrected chi connectivity index (χ0v) is 6.77. The van der Waals surface area contributed by atoms with Gasteiger partial charge in [0.1, 0.15) is 0 Å². The summed E-state index contributed by atoms with van der Waals surface area (Å²) in [7, 11) is 0. The molecule has 0 aromatic rings. The molecule has 2 atom stereocenters. The van der Waals surface area contributed by atoms with Crippen LogP contribution in [0.25, 0.3) is 0 Å². The Morgan fingerprint density at radius 2 is 1.50 bits per heavy atom. The second kappa shape index (κ2) is 2.81. The van der Waals surface area contributed by atoms with Crippen molar-refractivity contribution in [3.8, 4) is 0 Å². The Morgan fingerprint density at radius 3 is 1.50 bits per heavy atom. The van der Waals surface area contributed by atoms with Crippen molar-refractivity contribution in [3.63, 3.8) is 0 Å². The molecule has 0 saturated heterocycles. The fourth-order valence-electron chi connectivity index (χ4n) is 0.237. The molecule has 0 radical (unpaired) electrons. The molecular weight excluding hydrogens is 188 g/mol. The van der Waals surface area contributed by atoms with Gasteiger partial charge in [0.15, 0.2) is 0 Å². The van der Waals surface area contributed by atoms with E-state index in [9.17, 15) is 17.6 Å². The van der Waals surface area contributed by atoms with Crippen LogP contribution in [0.2, 0.25) is 0 Å². The smallest absolute Gasteiger partial charge is 0.221 e. The van der Waals surface area contributed by atoms with Gasteiger partial charge in [-0.2, -0.15) is 25.8 Å². The van der Waals surface area contributed by atoms with Crippen molar-refractivity contribution in [1.29, 1.82) is 0 Å². The second-order valence-corrected chi connectivity index (χ2v) is 3.27. The highest BCUT2D eigenvalue weighted by atomic mass is 32.1. The molecule has 0 bridgehead atoms. The van der Waals surface area contributed by atoms with Crippen LogP contribution in [0.3, 0.4) is 0 Å². The molecule has 2 unspecified atom stereocenters. The number of hydrogen-bond acceptors (Lipinski definition) is 2. The Labute approximate surface area is 66.8 Å². The van der Waals surface area contributed by atoms with Gasteiger partial charge in [-0.25, -0.2) is 4.39 Å². The maximum absolute atomic E-state index is 12.4. The van der Waals surface area contributed by atoms with Crippen LogP contribution in [-0.2, 0) is 0 Å². The van der Waals surface area contributed by atoms with E-state index in [0.29, 0.717) is 0 Å². The topological polar surface area (TPSA) is 0 Å². The molecule has 0 nitrogen and oxygen atoms in total. The van der Waals surface area contributed by atoms with Crippen molar-refractivity contribution in [3.05, 3.63) is 0 Å². The third-order valence-corrected chi connectivity index (χ3v) is 2.15. The SMILES string of the molecule is CC(S)C(F)(S)C(F)(F)F. The van der Waals surface area contributed by atoms with Crippen molar-refractivity contribution >= 4 is 25.3 Å². The molecular formula is C4H6F4S2. The molecule has 10 heavy (non-hydrogen) atoms. The number of hydrogen-bond donors (Lipinski definition) is 2. The summed E-state index contributed by atoms with van der Waals surface area (Å²) in [6, 6.07) is 0. The van der Waals surface area contributed by atoms with Gasteiger partial charge >= 0.3 is 6.18 Å². The minimum absolute atomic E-state index is 0.990. The average Bonchev–Trinajstić information content (AvgIpc) is 1.62. The Hall–Kier alpha value is 0.420. The van der Waals surface area contributed by atoms with E-state index in [-0.39, 0.29) is 0 Å². The van der Waals surface area contributed by atoms with E-state index in [4.69, 9.17) is 0 Å². The molecule has 0 N–H and O–H groups in total. The first-order valence-corrected chi connectivity index (χ1v) is 3.32. The van der Waals surface area contributed by atoms with E-state index < -0.39 is 16.4 Å². The average molecular weight is 194 g/mol. The Balaban J connectivity index is 4.40. The van der Waals surface area contributed by atoms with Crippen LogP contribution in [-0.4, -0.2) is 16.4 Å². The van der Waals surface area contributed by atoms with Gasteiger partial charge in [-0.15, -0.1) is 12.6 Å². The van der Waals surface area contributed by atoms with Crippen LogP contribution in [0.5, 0.6) is 0 Å². The first-order valence-electron chi connectivity index (χ1n) is 2.35. The first-order chi connectivity index (χ1) is 4.19. The summed E-state index contributed by atoms with van der Waals surface area (Å²) < 4.78 is 47.1. The quantitative estimate of drug-likeness (QED) is 0.465. The molecule has 0 amide bonds. The monoisotopic (exact) mass is 194 g/mol. The van der Waals surface area contributed by atoms with Gasteiger partial charge < -0.3 is 0 Å². The highest BCUT2D eigenvalue weighted by Gasteiger charge is 2.56. The lowest BCUT2D eigenvalue weighted by atomic mass is 10.3. The van der Waals surface area contributed by atoms with Crippen LogP contribution in [0.4, 0.5) is 17.6 Å². The summed E-state index contributed by atoms with van der Waals surface area (Å²) in [4.78, 5) is 0. The van der Waals surface area contributed by atoms with E-state index in [1.165, 1.54) is 0 Å². The van der Waals surface area contributed by atoms with E-state index in [2.05, 4.69) is 25.3 Å². The molecule has 62 valence electrons. The summed E-state index contributed by atoms with van der Waals surface area (Å²) in [5, 5.41) is -4.98. The van der Waals surface area contributed by atoms with Gasteiger partial charge in [-0.1, -0.05) is 0 Å². The van der Waals surface area contributed by atoms with Crippen molar-refractivity contribution in [2.24, 2.45) is 0 Å². The molecule has 0 aromatic carbocycles. The maximum Gasteiger partial charge on any atom is 0.432 e. The van der Waals surface area contributed by atoms with E-state index in [0.717, 1.165) is 6.92 Å². The highest BCUT2D eigenvalue weighted by Crippen LogP contribution is 2.41. The van der Waals surface area contributed by atoms with Crippen LogP contribution < -0.4 is 0 Å². The van der Waals surface area contributed by atoms with Gasteiger partial charge in [0, 0.05) is 0 Å². The number of rotatable bonds is 1. The Morgan fingerprint density at radius 1 is 1.20 bits per heavy atom. The van der Waals surface area contributed by atoms with Gasteiger partial charge in [0.2, 0.25) is 0 Å². The molecule has 0 aliphatic rings. The molecule has 0 aliphatic heterocycles. The standard InChI is InChI=1S/C4H6F4S2/c1-2(9)3(5,10)4(6,7)8/h2,9-10H,1H3. The molecule has 0 heterocycles. The van der Waals surface area contributed by atoms with Gasteiger partial charge in [0.25, 0.3) is 5.00 Å². The van der Waals surface area contributed by atoms with Crippen LogP contribution in [0.1, 0.15) is 6.92 Å². The third-order valence-electron chi connectivity index (χ3n) is 0.951. The third kappa shape index (κ3) is 1.95. The molecule has 0 fully saturated rings. The normalized spacial score (nSPS) is 21.9. The maximum atomic E-state index is 12.4. The molecule has 0 aliphatic carbocycles. The largest absolute Gasteiger partial charge is 0.432 e. The molecule has 0 spiro atoms. The van der Waals surface area contributed by atoms with Crippen molar-refractivity contribution in [2.45, 2.75) is 23.4 Å². The molecule has 0 rings (SSSR count). The Kier molecular flexibility index (Phi) is 2.93. The lowest BCUT2D eigenvalue weighted by Crippen LogP contribution is -2.42. The van der Waals surface area contributed by atoms with Gasteiger partial charge in [-0.05, 0) is 6.92 Å². The van der Waals surface area contributed by atoms with Crippen molar-refractivity contribution < 1.29 is 17.6 Å². The first kappa shape index (κ1) is 10.4. The summed E-state index contributed by atoms with van der Waals surface area (Å²) in [5.41, 5.74) is 0. The molecule has 0 saturated carbocycles. The minimum atomic E-state index is -4.96. The Bertz CT molecular complexity index is 117. The van der Waals surface area contributed by atoms with Gasteiger partial charge in [-0.3, -0.25) is 0 Å². The summed E-state index contributed by atoms with van der Waals surface area (Å²) in [5.74, 6) is 0. The van der Waals surface area contributed by atoms with E-state index in [1.54, 1.807) is 0 Å². The van der Waals surface area contributed by atoms with Crippen LogP contribution in [0, 0.1) is 0 Å². The predicted molar refractivity (Wildman–Crippen MR) is 37.3 cm³/mol. The molecule has 6 heteroatoms. The number of halogens is 4. The second-order valence-electron chi connectivity index (χ2n) is 1.85. The van der Waals surface area contributed by atoms with E-state index >= 15 is 0 Å². The summed E-state index contributed by atoms with van der Waals surface area (Å²) >= 11 is 6.09. The zero-order chi connectivity index (χ0) is 8.58. The van der Waals surface area contributed by atoms with Crippen molar-refractivity contribution in [1.82, 2.24) is 0 Å². The fourth-order valence-corrected chi connectivity index (χ4v) is 0.383. The number of alkyl halides is 4. The molecule has 0 aromatic heterocycles. The fraction of sp³-hybridized carbons (Fsp3) is 1.00. The number of thiol groups is 2. The lowest BCUT2D eigenvalue weighted by Gasteiger charge is -2.25. The van der Waals surface area contributed by atoms with Crippen molar-refractivity contribution in [2.75, 3.05) is 0 Å². The van der Waals surface area contributed by atoms with Gasteiger partial charge in [0.05, 0.1) is 5.25 Å².